The Balaban J connectivity index is 3.01. The molecule has 0 saturated heterocycles. The molecule has 3 N–H and O–H groups in total. The average Bonchev–Trinajstić information content (AvgIpc) is 2.66. The summed E-state index contributed by atoms with van der Waals surface area (Å²) in [5, 5.41) is 3.42. The van der Waals surface area contributed by atoms with Gasteiger partial charge in [0, 0.05) is 0 Å². The van der Waals surface area contributed by atoms with Gasteiger partial charge in [-0.05, 0) is 19.4 Å². The lowest BCUT2D eigenvalue weighted by molar-refractivity contribution is 0.470. The SMILES string of the molecule is CCCCCCCCCCCCCCCCCCCCCNC(N)CCC. The minimum atomic E-state index is 0.213. The first-order valence-corrected chi connectivity index (χ1v) is 12.8. The van der Waals surface area contributed by atoms with Crippen LogP contribution in [-0.2, 0) is 0 Å². The Kier molecular flexibility index (Phi) is 23.9. The van der Waals surface area contributed by atoms with E-state index in [1.807, 2.05) is 0 Å². The van der Waals surface area contributed by atoms with E-state index in [2.05, 4.69) is 19.2 Å². The average molecular weight is 383 g/mol. The number of rotatable bonds is 23. The van der Waals surface area contributed by atoms with Crippen LogP contribution in [0.2, 0.25) is 0 Å². The molecule has 0 aliphatic carbocycles. The molecular formula is C25H54N2. The summed E-state index contributed by atoms with van der Waals surface area (Å²) in [5.74, 6) is 0. The van der Waals surface area contributed by atoms with Crippen molar-refractivity contribution in [2.24, 2.45) is 5.73 Å². The molecule has 27 heavy (non-hydrogen) atoms. The van der Waals surface area contributed by atoms with Crippen molar-refractivity contribution >= 4 is 0 Å². The van der Waals surface area contributed by atoms with Gasteiger partial charge in [0.15, 0.2) is 0 Å². The number of nitrogens with one attached hydrogen (secondary N) is 1. The molecule has 0 radical (unpaired) electrons. The molecule has 1 atom stereocenters. The molecule has 0 aromatic heterocycles. The summed E-state index contributed by atoms with van der Waals surface area (Å²) in [6.45, 7) is 5.59. The molecule has 2 heteroatoms. The Bertz CT molecular complexity index is 255. The highest BCUT2D eigenvalue weighted by molar-refractivity contribution is 4.58. The van der Waals surface area contributed by atoms with E-state index in [0.29, 0.717) is 0 Å². The van der Waals surface area contributed by atoms with Gasteiger partial charge < -0.3 is 11.1 Å². The summed E-state index contributed by atoms with van der Waals surface area (Å²) in [6, 6.07) is 0. The first kappa shape index (κ1) is 26.9. The maximum absolute atomic E-state index is 5.95. The van der Waals surface area contributed by atoms with Gasteiger partial charge in [-0.2, -0.15) is 0 Å². The van der Waals surface area contributed by atoms with Crippen molar-refractivity contribution in [2.75, 3.05) is 6.54 Å². The highest BCUT2D eigenvalue weighted by atomic mass is 15.0. The van der Waals surface area contributed by atoms with E-state index in [4.69, 9.17) is 5.73 Å². The summed E-state index contributed by atoms with van der Waals surface area (Å²) >= 11 is 0. The first-order chi connectivity index (χ1) is 13.3. The molecule has 0 aliphatic rings. The topological polar surface area (TPSA) is 38.0 Å². The normalized spacial score (nSPS) is 12.6. The third-order valence-electron chi connectivity index (χ3n) is 5.79. The quantitative estimate of drug-likeness (QED) is 0.138. The molecular weight excluding hydrogens is 328 g/mol. The molecule has 0 saturated carbocycles. The monoisotopic (exact) mass is 382 g/mol. The molecule has 0 spiro atoms. The summed E-state index contributed by atoms with van der Waals surface area (Å²) in [4.78, 5) is 0. The number of hydrogen-bond donors (Lipinski definition) is 2. The lowest BCUT2D eigenvalue weighted by atomic mass is 10.0. The summed E-state index contributed by atoms with van der Waals surface area (Å²) < 4.78 is 0. The third-order valence-corrected chi connectivity index (χ3v) is 5.79. The van der Waals surface area contributed by atoms with Crippen LogP contribution in [0.5, 0.6) is 0 Å². The largest absolute Gasteiger partial charge is 0.316 e. The van der Waals surface area contributed by atoms with Crippen LogP contribution >= 0.6 is 0 Å². The molecule has 0 heterocycles. The Hall–Kier alpha value is -0.0800. The zero-order chi connectivity index (χ0) is 19.8. The van der Waals surface area contributed by atoms with Crippen molar-refractivity contribution in [3.8, 4) is 0 Å². The van der Waals surface area contributed by atoms with Crippen LogP contribution in [0, 0.1) is 0 Å². The van der Waals surface area contributed by atoms with Crippen molar-refractivity contribution in [3.63, 3.8) is 0 Å². The highest BCUT2D eigenvalue weighted by Gasteiger charge is 1.98. The smallest absolute Gasteiger partial charge is 0.0546 e. The zero-order valence-corrected chi connectivity index (χ0v) is 19.2. The molecule has 1 unspecified atom stereocenters. The van der Waals surface area contributed by atoms with Crippen LogP contribution in [0.25, 0.3) is 0 Å². The maximum atomic E-state index is 5.95. The van der Waals surface area contributed by atoms with Crippen molar-refractivity contribution in [2.45, 2.75) is 155 Å². The van der Waals surface area contributed by atoms with Gasteiger partial charge in [0.05, 0.1) is 6.17 Å². The van der Waals surface area contributed by atoms with Crippen LogP contribution in [0.15, 0.2) is 0 Å². The van der Waals surface area contributed by atoms with Crippen LogP contribution in [-0.4, -0.2) is 12.7 Å². The second-order valence-corrected chi connectivity index (χ2v) is 8.71. The Morgan fingerprint density at radius 2 is 0.815 bits per heavy atom. The maximum Gasteiger partial charge on any atom is 0.0546 e. The fourth-order valence-electron chi connectivity index (χ4n) is 3.90. The van der Waals surface area contributed by atoms with Gasteiger partial charge in [-0.3, -0.25) is 0 Å². The molecule has 0 aromatic rings. The van der Waals surface area contributed by atoms with Crippen LogP contribution in [0.4, 0.5) is 0 Å². The van der Waals surface area contributed by atoms with E-state index >= 15 is 0 Å². The van der Waals surface area contributed by atoms with Gasteiger partial charge in [0.2, 0.25) is 0 Å². The van der Waals surface area contributed by atoms with E-state index in [-0.39, 0.29) is 6.17 Å². The second kappa shape index (κ2) is 24.0. The lowest BCUT2D eigenvalue weighted by Gasteiger charge is -2.12. The second-order valence-electron chi connectivity index (χ2n) is 8.71. The van der Waals surface area contributed by atoms with Gasteiger partial charge in [-0.25, -0.2) is 0 Å². The van der Waals surface area contributed by atoms with Crippen LogP contribution in [0.3, 0.4) is 0 Å². The van der Waals surface area contributed by atoms with Gasteiger partial charge >= 0.3 is 0 Å². The van der Waals surface area contributed by atoms with Gasteiger partial charge in [0.1, 0.15) is 0 Å². The predicted octanol–water partition coefficient (Wildman–Crippen LogP) is 8.09. The summed E-state index contributed by atoms with van der Waals surface area (Å²) in [5.41, 5.74) is 5.95. The molecule has 0 aliphatic heterocycles. The zero-order valence-electron chi connectivity index (χ0n) is 19.2. The van der Waals surface area contributed by atoms with Crippen LogP contribution in [0.1, 0.15) is 149 Å². The number of hydrogen-bond acceptors (Lipinski definition) is 2. The predicted molar refractivity (Wildman–Crippen MR) is 124 cm³/mol. The summed E-state index contributed by atoms with van der Waals surface area (Å²) in [7, 11) is 0. The van der Waals surface area contributed by atoms with Gasteiger partial charge in [-0.15, -0.1) is 0 Å². The Morgan fingerprint density at radius 3 is 1.15 bits per heavy atom. The standard InChI is InChI=1S/C25H54N2/c1-3-5-6-7-8-9-10-11-12-13-14-15-16-17-18-19-20-21-22-24-27-25(26)23-4-2/h25,27H,3-24,26H2,1-2H3. The summed E-state index contributed by atoms with van der Waals surface area (Å²) in [6.07, 6.45) is 29.9. The molecule has 0 rings (SSSR count). The fraction of sp³-hybridized carbons (Fsp3) is 1.00. The molecule has 0 bridgehead atoms. The minimum Gasteiger partial charge on any atom is -0.316 e. The van der Waals surface area contributed by atoms with E-state index in [0.717, 1.165) is 13.0 Å². The first-order valence-electron chi connectivity index (χ1n) is 12.8. The Labute approximate surface area is 172 Å². The van der Waals surface area contributed by atoms with Crippen molar-refractivity contribution < 1.29 is 0 Å². The molecule has 2 nitrogen and oxygen atoms in total. The molecule has 0 aromatic carbocycles. The van der Waals surface area contributed by atoms with E-state index in [1.54, 1.807) is 0 Å². The van der Waals surface area contributed by atoms with Gasteiger partial charge in [-0.1, -0.05) is 136 Å². The number of unbranched alkanes of at least 4 members (excludes halogenated alkanes) is 18. The van der Waals surface area contributed by atoms with Crippen molar-refractivity contribution in [1.82, 2.24) is 5.32 Å². The third kappa shape index (κ3) is 23.9. The van der Waals surface area contributed by atoms with Crippen molar-refractivity contribution in [1.29, 1.82) is 0 Å². The van der Waals surface area contributed by atoms with Gasteiger partial charge in [0.25, 0.3) is 0 Å². The van der Waals surface area contributed by atoms with E-state index in [1.165, 1.54) is 128 Å². The Morgan fingerprint density at radius 1 is 0.481 bits per heavy atom. The van der Waals surface area contributed by atoms with E-state index in [9.17, 15) is 0 Å². The number of nitrogens with two attached hydrogens (primary N) is 1. The highest BCUT2D eigenvalue weighted by Crippen LogP contribution is 2.14. The fourth-order valence-corrected chi connectivity index (χ4v) is 3.90. The molecule has 0 fully saturated rings. The van der Waals surface area contributed by atoms with E-state index < -0.39 is 0 Å². The lowest BCUT2D eigenvalue weighted by Crippen LogP contribution is -2.37. The minimum absolute atomic E-state index is 0.213. The molecule has 0 amide bonds. The molecule has 164 valence electrons. The van der Waals surface area contributed by atoms with Crippen LogP contribution < -0.4 is 11.1 Å². The van der Waals surface area contributed by atoms with Crippen molar-refractivity contribution in [3.05, 3.63) is 0 Å².